The molecule has 5 heteroatoms. The fourth-order valence-corrected chi connectivity index (χ4v) is 1.26. The van der Waals surface area contributed by atoms with E-state index in [9.17, 15) is 0 Å². The highest BCUT2D eigenvalue weighted by Crippen LogP contribution is 2.18. The Labute approximate surface area is 103 Å². The maximum atomic E-state index is 5.32. The van der Waals surface area contributed by atoms with Gasteiger partial charge in [0.15, 0.2) is 5.82 Å². The van der Waals surface area contributed by atoms with Crippen LogP contribution in [-0.2, 0) is 21.6 Å². The predicted octanol–water partition coefficient (Wildman–Crippen LogP) is 1.09. The molecule has 0 aliphatic heterocycles. The Balaban J connectivity index is 2.50. The number of aromatic nitrogens is 2. The molecule has 1 heterocycles. The molecule has 1 rings (SSSR count). The lowest BCUT2D eigenvalue weighted by molar-refractivity contribution is 0.0114. The summed E-state index contributed by atoms with van der Waals surface area (Å²) >= 11 is 0. The predicted molar refractivity (Wildman–Crippen MR) is 65.6 cm³/mol. The first-order chi connectivity index (χ1) is 8.10. The van der Waals surface area contributed by atoms with E-state index in [1.807, 2.05) is 26.2 Å². The smallest absolute Gasteiger partial charge is 0.159 e. The molecule has 0 saturated heterocycles. The van der Waals surface area contributed by atoms with Crippen molar-refractivity contribution in [3.05, 3.63) is 23.8 Å². The van der Waals surface area contributed by atoms with Gasteiger partial charge in [-0.05, 0) is 13.8 Å². The first-order valence-electron chi connectivity index (χ1n) is 5.66. The van der Waals surface area contributed by atoms with Gasteiger partial charge in [0.2, 0.25) is 0 Å². The molecule has 0 aliphatic rings. The van der Waals surface area contributed by atoms with Crippen LogP contribution in [0.4, 0.5) is 0 Å². The average molecular weight is 239 g/mol. The van der Waals surface area contributed by atoms with Crippen molar-refractivity contribution in [3.8, 4) is 0 Å². The van der Waals surface area contributed by atoms with Gasteiger partial charge in [0, 0.05) is 45.3 Å². The van der Waals surface area contributed by atoms with Gasteiger partial charge in [-0.2, -0.15) is 0 Å². The number of methoxy groups -OCH3 is 2. The maximum absolute atomic E-state index is 5.32. The maximum Gasteiger partial charge on any atom is 0.159 e. The zero-order chi connectivity index (χ0) is 12.7. The Morgan fingerprint density at radius 2 is 1.88 bits per heavy atom. The normalized spacial score (nSPS) is 11.8. The monoisotopic (exact) mass is 239 g/mol. The Hall–Kier alpha value is -1.04. The summed E-state index contributed by atoms with van der Waals surface area (Å²) in [5, 5.41) is 3.24. The van der Waals surface area contributed by atoms with Crippen LogP contribution in [-0.4, -0.2) is 37.3 Å². The lowest BCUT2D eigenvalue weighted by atomic mass is 10.1. The van der Waals surface area contributed by atoms with E-state index >= 15 is 0 Å². The molecule has 0 spiro atoms. The van der Waals surface area contributed by atoms with Gasteiger partial charge in [0.25, 0.3) is 0 Å². The third-order valence-corrected chi connectivity index (χ3v) is 2.57. The van der Waals surface area contributed by atoms with E-state index < -0.39 is 5.60 Å². The first kappa shape index (κ1) is 14.0. The van der Waals surface area contributed by atoms with Gasteiger partial charge < -0.3 is 14.8 Å². The number of ether oxygens (including phenoxy) is 2. The largest absolute Gasteiger partial charge is 0.383 e. The van der Waals surface area contributed by atoms with Crippen molar-refractivity contribution in [1.82, 2.24) is 15.3 Å². The molecule has 5 nitrogen and oxygen atoms in total. The molecule has 0 saturated carbocycles. The van der Waals surface area contributed by atoms with Gasteiger partial charge in [-0.3, -0.25) is 0 Å². The zero-order valence-corrected chi connectivity index (χ0v) is 11.0. The number of rotatable bonds is 7. The molecule has 0 amide bonds. The first-order valence-corrected chi connectivity index (χ1v) is 5.66. The van der Waals surface area contributed by atoms with Crippen LogP contribution in [0.5, 0.6) is 0 Å². The van der Waals surface area contributed by atoms with Crippen molar-refractivity contribution in [1.29, 1.82) is 0 Å². The van der Waals surface area contributed by atoms with Gasteiger partial charge in [-0.15, -0.1) is 0 Å². The molecule has 96 valence electrons. The van der Waals surface area contributed by atoms with Crippen molar-refractivity contribution in [2.45, 2.75) is 26.0 Å². The second-order valence-electron chi connectivity index (χ2n) is 4.30. The topological polar surface area (TPSA) is 56.3 Å². The van der Waals surface area contributed by atoms with Gasteiger partial charge in [0.05, 0.1) is 6.61 Å². The minimum atomic E-state index is -0.442. The van der Waals surface area contributed by atoms with E-state index in [0.717, 1.165) is 18.7 Å². The van der Waals surface area contributed by atoms with Crippen LogP contribution in [0, 0.1) is 0 Å². The Kier molecular flexibility index (Phi) is 5.47. The highest BCUT2D eigenvalue weighted by Gasteiger charge is 2.22. The molecule has 1 N–H and O–H groups in total. The van der Waals surface area contributed by atoms with Gasteiger partial charge in [-0.25, -0.2) is 9.97 Å². The van der Waals surface area contributed by atoms with Gasteiger partial charge in [0.1, 0.15) is 5.60 Å². The number of nitrogens with one attached hydrogen (secondary N) is 1. The molecule has 0 fully saturated rings. The summed E-state index contributed by atoms with van der Waals surface area (Å²) in [4.78, 5) is 8.63. The van der Waals surface area contributed by atoms with Crippen molar-refractivity contribution in [3.63, 3.8) is 0 Å². The molecule has 0 unspecified atom stereocenters. The van der Waals surface area contributed by atoms with Crippen molar-refractivity contribution in [2.24, 2.45) is 0 Å². The van der Waals surface area contributed by atoms with Crippen LogP contribution in [0.2, 0.25) is 0 Å². The van der Waals surface area contributed by atoms with Crippen LogP contribution >= 0.6 is 0 Å². The summed E-state index contributed by atoms with van der Waals surface area (Å²) < 4.78 is 10.3. The van der Waals surface area contributed by atoms with Gasteiger partial charge >= 0.3 is 0 Å². The molecule has 0 atom stereocenters. The van der Waals surface area contributed by atoms with E-state index in [4.69, 9.17) is 9.47 Å². The van der Waals surface area contributed by atoms with Crippen molar-refractivity contribution in [2.75, 3.05) is 27.4 Å². The third-order valence-electron chi connectivity index (χ3n) is 2.57. The van der Waals surface area contributed by atoms with Crippen LogP contribution in [0.3, 0.4) is 0 Å². The molecule has 17 heavy (non-hydrogen) atoms. The fourth-order valence-electron chi connectivity index (χ4n) is 1.26. The van der Waals surface area contributed by atoms with Gasteiger partial charge in [-0.1, -0.05) is 0 Å². The summed E-state index contributed by atoms with van der Waals surface area (Å²) in [6.45, 7) is 6.16. The SMILES string of the molecule is COCCNCc1cnc(C(C)(C)OC)nc1. The zero-order valence-electron chi connectivity index (χ0n) is 11.0. The standard InChI is InChI=1S/C12H21N3O2/c1-12(2,17-4)11-14-8-10(9-15-11)7-13-5-6-16-3/h8-9,13H,5-7H2,1-4H3. The summed E-state index contributed by atoms with van der Waals surface area (Å²) in [5.41, 5.74) is 0.610. The number of nitrogens with zero attached hydrogens (tertiary/aromatic N) is 2. The Morgan fingerprint density at radius 1 is 1.24 bits per heavy atom. The lowest BCUT2D eigenvalue weighted by Crippen LogP contribution is -2.23. The van der Waals surface area contributed by atoms with Crippen LogP contribution in [0.25, 0.3) is 0 Å². The van der Waals surface area contributed by atoms with E-state index in [0.29, 0.717) is 12.4 Å². The number of hydrogen-bond donors (Lipinski definition) is 1. The Morgan fingerprint density at radius 3 is 2.41 bits per heavy atom. The van der Waals surface area contributed by atoms with E-state index in [1.165, 1.54) is 0 Å². The quantitative estimate of drug-likeness (QED) is 0.722. The second-order valence-corrected chi connectivity index (χ2v) is 4.30. The van der Waals surface area contributed by atoms with E-state index in [1.54, 1.807) is 14.2 Å². The van der Waals surface area contributed by atoms with E-state index in [2.05, 4.69) is 15.3 Å². The molecule has 0 aliphatic carbocycles. The van der Waals surface area contributed by atoms with Crippen LogP contribution < -0.4 is 5.32 Å². The number of hydrogen-bond acceptors (Lipinski definition) is 5. The summed E-state index contributed by atoms with van der Waals surface area (Å²) in [6.07, 6.45) is 3.64. The summed E-state index contributed by atoms with van der Waals surface area (Å²) in [5.74, 6) is 0.695. The summed E-state index contributed by atoms with van der Waals surface area (Å²) in [7, 11) is 3.34. The highest BCUT2D eigenvalue weighted by atomic mass is 16.5. The molecule has 0 aromatic carbocycles. The molecule has 1 aromatic heterocycles. The Bertz CT molecular complexity index is 325. The second kappa shape index (κ2) is 6.64. The summed E-state index contributed by atoms with van der Waals surface area (Å²) in [6, 6.07) is 0. The lowest BCUT2D eigenvalue weighted by Gasteiger charge is -2.20. The fraction of sp³-hybridized carbons (Fsp3) is 0.667. The molecular weight excluding hydrogens is 218 g/mol. The molecule has 0 bridgehead atoms. The third kappa shape index (κ3) is 4.38. The molecular formula is C12H21N3O2. The minimum Gasteiger partial charge on any atom is -0.383 e. The van der Waals surface area contributed by atoms with E-state index in [-0.39, 0.29) is 0 Å². The van der Waals surface area contributed by atoms with Crippen LogP contribution in [0.1, 0.15) is 25.2 Å². The average Bonchev–Trinajstić information content (AvgIpc) is 2.35. The highest BCUT2D eigenvalue weighted by molar-refractivity contribution is 5.08. The van der Waals surface area contributed by atoms with Crippen LogP contribution in [0.15, 0.2) is 12.4 Å². The minimum absolute atomic E-state index is 0.442. The van der Waals surface area contributed by atoms with Crippen molar-refractivity contribution < 1.29 is 9.47 Å². The van der Waals surface area contributed by atoms with Crippen molar-refractivity contribution >= 4 is 0 Å². The molecule has 1 aromatic rings. The molecule has 0 radical (unpaired) electrons.